The lowest BCUT2D eigenvalue weighted by atomic mass is 10.1. The molecule has 2 N–H and O–H groups in total. The molecule has 0 aromatic heterocycles. The second-order valence-corrected chi connectivity index (χ2v) is 8.47. The fourth-order valence-corrected chi connectivity index (χ4v) is 4.38. The Bertz CT molecular complexity index is 937. The first-order chi connectivity index (χ1) is 15.1. The minimum atomic E-state index is -0.304. The summed E-state index contributed by atoms with van der Waals surface area (Å²) in [7, 11) is 0. The summed E-state index contributed by atoms with van der Waals surface area (Å²) in [6, 6.07) is 12.4. The summed E-state index contributed by atoms with van der Waals surface area (Å²) in [5, 5.41) is 6.28. The lowest BCUT2D eigenvalue weighted by molar-refractivity contribution is 0.0858. The standard InChI is InChI=1S/C24H28ClN3O3/c25-21-9-3-2-8-19(21)24(30)27-17-10-11-22(28-12-4-1-5-13-28)20(15-17)23(29)26-16-18-7-6-14-31-18/h2-3,8-11,15,18H,1,4-7,12-14,16H2,(H,26,29)(H,27,30). The Morgan fingerprint density at radius 3 is 2.55 bits per heavy atom. The van der Waals surface area contributed by atoms with Crippen molar-refractivity contribution in [3.63, 3.8) is 0 Å². The fourth-order valence-electron chi connectivity index (χ4n) is 4.16. The van der Waals surface area contributed by atoms with E-state index in [9.17, 15) is 9.59 Å². The van der Waals surface area contributed by atoms with Gasteiger partial charge in [-0.3, -0.25) is 9.59 Å². The monoisotopic (exact) mass is 441 g/mol. The van der Waals surface area contributed by atoms with Crippen molar-refractivity contribution in [1.29, 1.82) is 0 Å². The maximum atomic E-state index is 13.1. The predicted octanol–water partition coefficient (Wildman–Crippen LogP) is 4.49. The van der Waals surface area contributed by atoms with Gasteiger partial charge in [-0.1, -0.05) is 23.7 Å². The summed E-state index contributed by atoms with van der Waals surface area (Å²) in [5.41, 5.74) is 2.43. The first kappa shape index (κ1) is 21.7. The number of carbonyl (C=O) groups is 2. The fraction of sp³-hybridized carbons (Fsp3) is 0.417. The molecule has 31 heavy (non-hydrogen) atoms. The van der Waals surface area contributed by atoms with E-state index >= 15 is 0 Å². The topological polar surface area (TPSA) is 70.7 Å². The molecular weight excluding hydrogens is 414 g/mol. The van der Waals surface area contributed by atoms with Crippen molar-refractivity contribution in [2.24, 2.45) is 0 Å². The van der Waals surface area contributed by atoms with Crippen molar-refractivity contribution < 1.29 is 14.3 Å². The van der Waals surface area contributed by atoms with Crippen molar-refractivity contribution in [1.82, 2.24) is 5.32 Å². The Kier molecular flexibility index (Phi) is 7.10. The van der Waals surface area contributed by atoms with Gasteiger partial charge in [0.1, 0.15) is 0 Å². The number of anilines is 2. The van der Waals surface area contributed by atoms with Gasteiger partial charge in [-0.25, -0.2) is 0 Å². The Morgan fingerprint density at radius 1 is 1.00 bits per heavy atom. The molecule has 2 amide bonds. The van der Waals surface area contributed by atoms with Gasteiger partial charge in [0.05, 0.1) is 22.3 Å². The van der Waals surface area contributed by atoms with Crippen LogP contribution in [0.4, 0.5) is 11.4 Å². The molecule has 0 saturated carbocycles. The van der Waals surface area contributed by atoms with Crippen LogP contribution >= 0.6 is 11.6 Å². The van der Waals surface area contributed by atoms with E-state index in [-0.39, 0.29) is 17.9 Å². The van der Waals surface area contributed by atoms with Crippen molar-refractivity contribution in [2.45, 2.75) is 38.2 Å². The highest BCUT2D eigenvalue weighted by Gasteiger charge is 2.22. The molecule has 164 valence electrons. The van der Waals surface area contributed by atoms with Crippen LogP contribution in [0.2, 0.25) is 5.02 Å². The van der Waals surface area contributed by atoms with Crippen LogP contribution < -0.4 is 15.5 Å². The summed E-state index contributed by atoms with van der Waals surface area (Å²) in [6.07, 6.45) is 5.51. The summed E-state index contributed by atoms with van der Waals surface area (Å²) < 4.78 is 5.63. The SMILES string of the molecule is O=C(Nc1ccc(N2CCCCC2)c(C(=O)NCC2CCCO2)c1)c1ccccc1Cl. The smallest absolute Gasteiger partial charge is 0.257 e. The molecule has 2 saturated heterocycles. The third kappa shape index (κ3) is 5.38. The van der Waals surface area contributed by atoms with E-state index in [0.29, 0.717) is 28.4 Å². The molecule has 2 aromatic carbocycles. The highest BCUT2D eigenvalue weighted by Crippen LogP contribution is 2.28. The Hall–Kier alpha value is -2.57. The molecular formula is C24H28ClN3O3. The van der Waals surface area contributed by atoms with E-state index in [1.54, 1.807) is 30.3 Å². The number of nitrogens with zero attached hydrogens (tertiary/aromatic N) is 1. The van der Waals surface area contributed by atoms with Crippen LogP contribution in [0, 0.1) is 0 Å². The number of carbonyl (C=O) groups excluding carboxylic acids is 2. The van der Waals surface area contributed by atoms with Crippen LogP contribution in [-0.2, 0) is 4.74 Å². The summed E-state index contributed by atoms with van der Waals surface area (Å²) >= 11 is 6.15. The van der Waals surface area contributed by atoms with Crippen molar-refractivity contribution >= 4 is 34.8 Å². The van der Waals surface area contributed by atoms with Crippen LogP contribution in [-0.4, -0.2) is 44.2 Å². The molecule has 0 bridgehead atoms. The molecule has 0 spiro atoms. The normalized spacial score (nSPS) is 18.6. The van der Waals surface area contributed by atoms with E-state index in [1.165, 1.54) is 6.42 Å². The minimum Gasteiger partial charge on any atom is -0.376 e. The predicted molar refractivity (Wildman–Crippen MR) is 123 cm³/mol. The summed E-state index contributed by atoms with van der Waals surface area (Å²) in [5.74, 6) is -0.452. The number of hydrogen-bond acceptors (Lipinski definition) is 4. The average Bonchev–Trinajstić information content (AvgIpc) is 3.32. The zero-order valence-corrected chi connectivity index (χ0v) is 18.3. The molecule has 2 fully saturated rings. The number of rotatable bonds is 6. The number of benzene rings is 2. The van der Waals surface area contributed by atoms with E-state index in [0.717, 1.165) is 51.1 Å². The molecule has 1 unspecified atom stereocenters. The molecule has 2 aliphatic heterocycles. The van der Waals surface area contributed by atoms with Gasteiger partial charge >= 0.3 is 0 Å². The molecule has 7 heteroatoms. The third-order valence-electron chi connectivity index (χ3n) is 5.83. The average molecular weight is 442 g/mol. The van der Waals surface area contributed by atoms with E-state index in [4.69, 9.17) is 16.3 Å². The molecule has 1 atom stereocenters. The summed E-state index contributed by atoms with van der Waals surface area (Å²) in [4.78, 5) is 28.0. The van der Waals surface area contributed by atoms with Gasteiger partial charge in [0.2, 0.25) is 0 Å². The molecule has 6 nitrogen and oxygen atoms in total. The molecule has 0 aliphatic carbocycles. The summed E-state index contributed by atoms with van der Waals surface area (Å²) in [6.45, 7) is 3.10. The van der Waals surface area contributed by atoms with Gasteiger partial charge in [-0.05, 0) is 62.4 Å². The molecule has 4 rings (SSSR count). The Morgan fingerprint density at radius 2 is 1.81 bits per heavy atom. The van der Waals surface area contributed by atoms with Gasteiger partial charge in [0.25, 0.3) is 11.8 Å². The highest BCUT2D eigenvalue weighted by atomic mass is 35.5. The first-order valence-corrected chi connectivity index (χ1v) is 11.3. The van der Waals surface area contributed by atoms with Crippen LogP contribution in [0.25, 0.3) is 0 Å². The van der Waals surface area contributed by atoms with Gasteiger partial charge < -0.3 is 20.3 Å². The molecule has 2 aromatic rings. The lowest BCUT2D eigenvalue weighted by Gasteiger charge is -2.30. The maximum absolute atomic E-state index is 13.1. The third-order valence-corrected chi connectivity index (χ3v) is 6.16. The minimum absolute atomic E-state index is 0.0745. The number of piperidine rings is 1. The van der Waals surface area contributed by atoms with E-state index in [1.807, 2.05) is 12.1 Å². The van der Waals surface area contributed by atoms with Gasteiger partial charge in [0.15, 0.2) is 0 Å². The number of halogens is 1. The number of nitrogens with one attached hydrogen (secondary N) is 2. The van der Waals surface area contributed by atoms with E-state index in [2.05, 4.69) is 15.5 Å². The van der Waals surface area contributed by atoms with Crippen LogP contribution in [0.1, 0.15) is 52.8 Å². The van der Waals surface area contributed by atoms with Crippen molar-refractivity contribution in [3.05, 3.63) is 58.6 Å². The van der Waals surface area contributed by atoms with Crippen LogP contribution in [0.3, 0.4) is 0 Å². The van der Waals surface area contributed by atoms with Crippen LogP contribution in [0.5, 0.6) is 0 Å². The molecule has 2 heterocycles. The van der Waals surface area contributed by atoms with Gasteiger partial charge in [-0.15, -0.1) is 0 Å². The largest absolute Gasteiger partial charge is 0.376 e. The lowest BCUT2D eigenvalue weighted by Crippen LogP contribution is -2.35. The highest BCUT2D eigenvalue weighted by molar-refractivity contribution is 6.34. The Labute approximate surface area is 187 Å². The number of hydrogen-bond donors (Lipinski definition) is 2. The number of ether oxygens (including phenoxy) is 1. The molecule has 0 radical (unpaired) electrons. The number of amides is 2. The zero-order chi connectivity index (χ0) is 21.6. The molecule has 2 aliphatic rings. The zero-order valence-electron chi connectivity index (χ0n) is 17.5. The van der Waals surface area contributed by atoms with Gasteiger partial charge in [0, 0.05) is 37.6 Å². The first-order valence-electron chi connectivity index (χ1n) is 11.0. The van der Waals surface area contributed by atoms with Crippen molar-refractivity contribution in [2.75, 3.05) is 36.5 Å². The second-order valence-electron chi connectivity index (χ2n) is 8.06. The van der Waals surface area contributed by atoms with E-state index < -0.39 is 0 Å². The Balaban J connectivity index is 1.55. The van der Waals surface area contributed by atoms with Crippen LogP contribution in [0.15, 0.2) is 42.5 Å². The maximum Gasteiger partial charge on any atom is 0.257 e. The van der Waals surface area contributed by atoms with Crippen molar-refractivity contribution in [3.8, 4) is 0 Å². The second kappa shape index (κ2) is 10.2. The quantitative estimate of drug-likeness (QED) is 0.692. The van der Waals surface area contributed by atoms with Gasteiger partial charge in [-0.2, -0.15) is 0 Å².